The number of aliphatic hydroxyl groups is 1. The van der Waals surface area contributed by atoms with E-state index in [0.717, 1.165) is 17.9 Å². The summed E-state index contributed by atoms with van der Waals surface area (Å²) >= 11 is 3.68. The number of carbonyl (C=O) groups excluding carboxylic acids is 1. The van der Waals surface area contributed by atoms with Crippen LogP contribution in [0.1, 0.15) is 18.4 Å². The van der Waals surface area contributed by atoms with Gasteiger partial charge in [0.2, 0.25) is 0 Å². The van der Waals surface area contributed by atoms with Crippen LogP contribution in [-0.4, -0.2) is 39.7 Å². The van der Waals surface area contributed by atoms with Gasteiger partial charge in [0.1, 0.15) is 5.78 Å². The van der Waals surface area contributed by atoms with Gasteiger partial charge in [-0.1, -0.05) is 30.3 Å². The van der Waals surface area contributed by atoms with Crippen LogP contribution in [0.3, 0.4) is 0 Å². The molecular formula is C17H22O3S2. The number of benzene rings is 1. The summed E-state index contributed by atoms with van der Waals surface area (Å²) in [5, 5.41) is 10.5. The van der Waals surface area contributed by atoms with E-state index in [2.05, 4.69) is 0 Å². The van der Waals surface area contributed by atoms with E-state index in [9.17, 15) is 9.90 Å². The third-order valence-corrected chi connectivity index (χ3v) is 7.49. The molecule has 0 spiro atoms. The van der Waals surface area contributed by atoms with Gasteiger partial charge in [0, 0.05) is 18.8 Å². The summed E-state index contributed by atoms with van der Waals surface area (Å²) in [6, 6.07) is 10.1. The molecule has 0 saturated carbocycles. The minimum absolute atomic E-state index is 0.170. The highest BCUT2D eigenvalue weighted by atomic mass is 32.2. The number of hydrogen-bond acceptors (Lipinski definition) is 5. The number of ether oxygens (including phenoxy) is 1. The van der Waals surface area contributed by atoms with Crippen LogP contribution >= 0.6 is 23.5 Å². The zero-order chi connectivity index (χ0) is 15.4. The van der Waals surface area contributed by atoms with Crippen molar-refractivity contribution in [2.75, 3.05) is 18.1 Å². The van der Waals surface area contributed by atoms with Crippen molar-refractivity contribution in [2.24, 2.45) is 11.8 Å². The zero-order valence-corrected chi connectivity index (χ0v) is 14.2. The molecule has 2 aliphatic heterocycles. The van der Waals surface area contributed by atoms with Crippen LogP contribution in [0.25, 0.3) is 0 Å². The Kier molecular flexibility index (Phi) is 5.85. The van der Waals surface area contributed by atoms with E-state index in [1.54, 1.807) is 0 Å². The Morgan fingerprint density at radius 3 is 2.86 bits per heavy atom. The first-order valence-electron chi connectivity index (χ1n) is 7.81. The number of hydrogen-bond donors (Lipinski definition) is 1. The van der Waals surface area contributed by atoms with Crippen LogP contribution in [-0.2, 0) is 16.1 Å². The maximum atomic E-state index is 12.1. The van der Waals surface area contributed by atoms with E-state index in [4.69, 9.17) is 4.74 Å². The molecule has 4 atom stereocenters. The van der Waals surface area contributed by atoms with Gasteiger partial charge in [-0.2, -0.15) is 0 Å². The molecule has 3 rings (SSSR count). The third-order valence-electron chi connectivity index (χ3n) is 4.37. The van der Waals surface area contributed by atoms with Gasteiger partial charge >= 0.3 is 0 Å². The molecule has 2 saturated heterocycles. The Morgan fingerprint density at radius 2 is 2.05 bits per heavy atom. The van der Waals surface area contributed by atoms with Crippen molar-refractivity contribution < 1.29 is 14.6 Å². The summed E-state index contributed by atoms with van der Waals surface area (Å²) in [5.74, 6) is 2.09. The van der Waals surface area contributed by atoms with Crippen molar-refractivity contribution in [3.05, 3.63) is 35.9 Å². The molecule has 0 radical (unpaired) electrons. The number of carbonyl (C=O) groups is 1. The van der Waals surface area contributed by atoms with Gasteiger partial charge < -0.3 is 9.84 Å². The van der Waals surface area contributed by atoms with Crippen molar-refractivity contribution in [3.63, 3.8) is 0 Å². The van der Waals surface area contributed by atoms with E-state index in [1.807, 2.05) is 53.9 Å². The van der Waals surface area contributed by atoms with Gasteiger partial charge in [-0.25, -0.2) is 0 Å². The molecule has 0 aliphatic carbocycles. The first-order valence-corrected chi connectivity index (χ1v) is 9.91. The molecule has 2 aliphatic rings. The Labute approximate surface area is 140 Å². The fourth-order valence-corrected chi connectivity index (χ4v) is 6.37. The zero-order valence-electron chi connectivity index (χ0n) is 12.5. The molecule has 2 heterocycles. The Hall–Kier alpha value is -0.490. The number of ketones is 1. The topological polar surface area (TPSA) is 46.5 Å². The first-order chi connectivity index (χ1) is 10.8. The van der Waals surface area contributed by atoms with E-state index in [0.29, 0.717) is 19.6 Å². The Bertz CT molecular complexity index is 494. The van der Waals surface area contributed by atoms with Gasteiger partial charge in [0.05, 0.1) is 23.2 Å². The lowest BCUT2D eigenvalue weighted by Crippen LogP contribution is -2.47. The maximum absolute atomic E-state index is 12.1. The molecule has 0 amide bonds. The lowest BCUT2D eigenvalue weighted by Gasteiger charge is -2.41. The van der Waals surface area contributed by atoms with Crippen molar-refractivity contribution in [1.29, 1.82) is 0 Å². The van der Waals surface area contributed by atoms with Gasteiger partial charge in [0.25, 0.3) is 0 Å². The lowest BCUT2D eigenvalue weighted by atomic mass is 9.86. The quantitative estimate of drug-likeness (QED) is 0.837. The first kappa shape index (κ1) is 16.4. The molecule has 0 bridgehead atoms. The number of thioether (sulfide) groups is 2. The average Bonchev–Trinajstić information content (AvgIpc) is 2.54. The van der Waals surface area contributed by atoms with Crippen LogP contribution < -0.4 is 0 Å². The second-order valence-electron chi connectivity index (χ2n) is 5.89. The Morgan fingerprint density at radius 1 is 1.23 bits per heavy atom. The minimum Gasteiger partial charge on any atom is -0.392 e. The van der Waals surface area contributed by atoms with Crippen LogP contribution in [0.4, 0.5) is 0 Å². The van der Waals surface area contributed by atoms with E-state index in [-0.39, 0.29) is 22.2 Å². The predicted molar refractivity (Wildman–Crippen MR) is 92.0 cm³/mol. The van der Waals surface area contributed by atoms with E-state index in [1.165, 1.54) is 5.56 Å². The van der Waals surface area contributed by atoms with Crippen molar-refractivity contribution in [1.82, 2.24) is 0 Å². The molecule has 0 aromatic heterocycles. The summed E-state index contributed by atoms with van der Waals surface area (Å²) in [7, 11) is 0. The number of Topliss-reactive ketones (excluding diaryl/α,β-unsaturated/α-hetero) is 1. The summed E-state index contributed by atoms with van der Waals surface area (Å²) in [4.78, 5) is 12.1. The van der Waals surface area contributed by atoms with E-state index >= 15 is 0 Å². The Balaban J connectivity index is 1.45. The highest BCUT2D eigenvalue weighted by Gasteiger charge is 2.44. The fourth-order valence-electron chi connectivity index (χ4n) is 3.06. The van der Waals surface area contributed by atoms with Crippen molar-refractivity contribution >= 4 is 29.3 Å². The molecule has 5 heteroatoms. The minimum atomic E-state index is -0.494. The van der Waals surface area contributed by atoms with Crippen LogP contribution in [0.2, 0.25) is 0 Å². The molecule has 3 nitrogen and oxygen atoms in total. The molecule has 1 aromatic rings. The molecule has 1 N–H and O–H groups in total. The molecular weight excluding hydrogens is 316 g/mol. The molecule has 120 valence electrons. The molecule has 22 heavy (non-hydrogen) atoms. The SMILES string of the molecule is O=C1CCS[C@@H]2SC[C@@H](CCOCc3ccccc3)[C@@H](O)[C@H]12. The van der Waals surface area contributed by atoms with Crippen molar-refractivity contribution in [3.8, 4) is 0 Å². The smallest absolute Gasteiger partial charge is 0.141 e. The highest BCUT2D eigenvalue weighted by molar-refractivity contribution is 8.17. The summed E-state index contributed by atoms with van der Waals surface area (Å²) in [5.41, 5.74) is 1.17. The summed E-state index contributed by atoms with van der Waals surface area (Å²) < 4.78 is 5.98. The number of aliphatic hydroxyl groups excluding tert-OH is 1. The average molecular weight is 338 g/mol. The lowest BCUT2D eigenvalue weighted by molar-refractivity contribution is -0.127. The van der Waals surface area contributed by atoms with Gasteiger partial charge in [-0.05, 0) is 23.7 Å². The van der Waals surface area contributed by atoms with Gasteiger partial charge in [0.15, 0.2) is 0 Å². The number of rotatable bonds is 5. The third kappa shape index (κ3) is 3.88. The predicted octanol–water partition coefficient (Wildman–Crippen LogP) is 2.97. The van der Waals surface area contributed by atoms with Gasteiger partial charge in [-0.3, -0.25) is 4.79 Å². The monoisotopic (exact) mass is 338 g/mol. The van der Waals surface area contributed by atoms with Gasteiger partial charge in [-0.15, -0.1) is 23.5 Å². The maximum Gasteiger partial charge on any atom is 0.141 e. The molecule has 0 unspecified atom stereocenters. The summed E-state index contributed by atoms with van der Waals surface area (Å²) in [6.45, 7) is 1.24. The highest BCUT2D eigenvalue weighted by Crippen LogP contribution is 2.45. The standard InChI is InChI=1S/C17H22O3S2/c18-14-7-9-21-17-15(14)16(19)13(11-22-17)6-8-20-10-12-4-2-1-3-5-12/h1-5,13,15-17,19H,6-11H2/t13-,15+,16-,17-/m1/s1. The van der Waals surface area contributed by atoms with Crippen molar-refractivity contribution in [2.45, 2.75) is 30.1 Å². The van der Waals surface area contributed by atoms with E-state index < -0.39 is 6.10 Å². The van der Waals surface area contributed by atoms with Crippen LogP contribution in [0.15, 0.2) is 30.3 Å². The molecule has 1 aromatic carbocycles. The van der Waals surface area contributed by atoms with Crippen LogP contribution in [0.5, 0.6) is 0 Å². The second-order valence-corrected chi connectivity index (χ2v) is 8.61. The normalized spacial score (nSPS) is 31.8. The van der Waals surface area contributed by atoms with Crippen LogP contribution in [0, 0.1) is 11.8 Å². The summed E-state index contributed by atoms with van der Waals surface area (Å²) in [6.07, 6.45) is 0.940. The largest absolute Gasteiger partial charge is 0.392 e. The second kappa shape index (κ2) is 7.86. The number of fused-ring (bicyclic) bond motifs is 1. The fraction of sp³-hybridized carbons (Fsp3) is 0.588. The molecule has 2 fully saturated rings.